The van der Waals surface area contributed by atoms with E-state index in [4.69, 9.17) is 5.73 Å². The van der Waals surface area contributed by atoms with Crippen molar-refractivity contribution in [2.75, 3.05) is 18.6 Å². The molecule has 0 saturated heterocycles. The van der Waals surface area contributed by atoms with Crippen LogP contribution in [0.4, 0.5) is 0 Å². The summed E-state index contributed by atoms with van der Waals surface area (Å²) >= 11 is 1.88. The minimum absolute atomic E-state index is 0.0647. The summed E-state index contributed by atoms with van der Waals surface area (Å²) in [5.41, 5.74) is 5.49. The summed E-state index contributed by atoms with van der Waals surface area (Å²) in [4.78, 5) is 11.8. The lowest BCUT2D eigenvalue weighted by Gasteiger charge is -2.22. The van der Waals surface area contributed by atoms with E-state index in [1.807, 2.05) is 11.8 Å². The predicted molar refractivity (Wildman–Crippen MR) is 70.6 cm³/mol. The van der Waals surface area contributed by atoms with Gasteiger partial charge in [0.05, 0.1) is 5.54 Å². The van der Waals surface area contributed by atoms with Crippen LogP contribution in [0.15, 0.2) is 0 Å². The number of carbonyl (C=O) groups excluding carboxylic acids is 1. The zero-order chi connectivity index (χ0) is 11.9. The van der Waals surface area contributed by atoms with E-state index in [0.717, 1.165) is 38.6 Å². The molecule has 0 aromatic heterocycles. The van der Waals surface area contributed by atoms with Crippen LogP contribution in [0.25, 0.3) is 0 Å². The van der Waals surface area contributed by atoms with Gasteiger partial charge in [0.2, 0.25) is 5.91 Å². The highest BCUT2D eigenvalue weighted by atomic mass is 32.2. The van der Waals surface area contributed by atoms with Crippen LogP contribution in [0.3, 0.4) is 0 Å². The molecule has 0 aromatic rings. The molecule has 4 heteroatoms. The van der Waals surface area contributed by atoms with Crippen LogP contribution in [0, 0.1) is 0 Å². The van der Waals surface area contributed by atoms with Gasteiger partial charge in [0, 0.05) is 6.54 Å². The summed E-state index contributed by atoms with van der Waals surface area (Å²) in [5, 5.41) is 2.97. The Hall–Kier alpha value is -0.220. The second-order valence-corrected chi connectivity index (χ2v) is 5.66. The molecule has 0 aromatic carbocycles. The topological polar surface area (TPSA) is 55.1 Å². The van der Waals surface area contributed by atoms with Gasteiger partial charge in [-0.2, -0.15) is 11.8 Å². The van der Waals surface area contributed by atoms with Crippen molar-refractivity contribution in [3.8, 4) is 0 Å². The Bertz CT molecular complexity index is 215. The second-order valence-electron chi connectivity index (χ2n) is 4.67. The minimum Gasteiger partial charge on any atom is -0.355 e. The molecule has 3 N–H and O–H groups in total. The average Bonchev–Trinajstić information content (AvgIpc) is 2.71. The van der Waals surface area contributed by atoms with Crippen LogP contribution < -0.4 is 11.1 Å². The van der Waals surface area contributed by atoms with Gasteiger partial charge in [-0.25, -0.2) is 0 Å². The SMILES string of the molecule is CSCCCCCNC(=O)C1(N)CCCC1. The standard InChI is InChI=1S/C12H24N2OS/c1-16-10-6-2-5-9-14-11(15)12(13)7-3-4-8-12/h2-10,13H2,1H3,(H,14,15). The van der Waals surface area contributed by atoms with Crippen LogP contribution in [0.5, 0.6) is 0 Å². The normalized spacial score (nSPS) is 18.6. The van der Waals surface area contributed by atoms with E-state index in [1.165, 1.54) is 18.6 Å². The molecule has 1 amide bonds. The Labute approximate surface area is 103 Å². The number of unbranched alkanes of at least 4 members (excludes halogenated alkanes) is 2. The van der Waals surface area contributed by atoms with Crippen LogP contribution in [-0.2, 0) is 4.79 Å². The molecule has 0 bridgehead atoms. The molecule has 1 saturated carbocycles. The number of hydrogen-bond acceptors (Lipinski definition) is 3. The highest BCUT2D eigenvalue weighted by molar-refractivity contribution is 7.98. The van der Waals surface area contributed by atoms with E-state index in [1.54, 1.807) is 0 Å². The van der Waals surface area contributed by atoms with Crippen molar-refractivity contribution in [3.05, 3.63) is 0 Å². The van der Waals surface area contributed by atoms with Gasteiger partial charge in [-0.1, -0.05) is 19.3 Å². The van der Waals surface area contributed by atoms with Gasteiger partial charge in [-0.05, 0) is 37.7 Å². The first kappa shape index (κ1) is 13.8. The zero-order valence-corrected chi connectivity index (χ0v) is 11.1. The Balaban J connectivity index is 2.06. The van der Waals surface area contributed by atoms with Crippen LogP contribution in [-0.4, -0.2) is 30.0 Å². The largest absolute Gasteiger partial charge is 0.355 e. The van der Waals surface area contributed by atoms with Gasteiger partial charge in [-0.15, -0.1) is 0 Å². The van der Waals surface area contributed by atoms with Gasteiger partial charge in [0.1, 0.15) is 0 Å². The number of rotatable bonds is 7. The second kappa shape index (κ2) is 7.17. The number of carbonyl (C=O) groups is 1. The lowest BCUT2D eigenvalue weighted by Crippen LogP contribution is -2.52. The number of amides is 1. The molecule has 1 aliphatic carbocycles. The average molecular weight is 244 g/mol. The molecule has 1 aliphatic rings. The fourth-order valence-corrected chi connectivity index (χ4v) is 2.65. The maximum Gasteiger partial charge on any atom is 0.240 e. The predicted octanol–water partition coefficient (Wildman–Crippen LogP) is 1.91. The first-order chi connectivity index (χ1) is 7.69. The van der Waals surface area contributed by atoms with Gasteiger partial charge in [-0.3, -0.25) is 4.79 Å². The van der Waals surface area contributed by atoms with Gasteiger partial charge < -0.3 is 11.1 Å². The van der Waals surface area contributed by atoms with Crippen molar-refractivity contribution >= 4 is 17.7 Å². The van der Waals surface area contributed by atoms with Crippen molar-refractivity contribution in [3.63, 3.8) is 0 Å². The molecule has 94 valence electrons. The molecule has 1 rings (SSSR count). The Kier molecular flexibility index (Phi) is 6.21. The Morgan fingerprint density at radius 1 is 1.31 bits per heavy atom. The molecule has 0 unspecified atom stereocenters. The maximum absolute atomic E-state index is 11.8. The van der Waals surface area contributed by atoms with Crippen molar-refractivity contribution in [2.24, 2.45) is 5.73 Å². The lowest BCUT2D eigenvalue weighted by atomic mass is 9.98. The van der Waals surface area contributed by atoms with Crippen molar-refractivity contribution < 1.29 is 4.79 Å². The monoisotopic (exact) mass is 244 g/mol. The summed E-state index contributed by atoms with van der Waals surface area (Å²) in [7, 11) is 0. The smallest absolute Gasteiger partial charge is 0.240 e. The molecular weight excluding hydrogens is 220 g/mol. The number of nitrogens with two attached hydrogens (primary N) is 1. The molecule has 1 fully saturated rings. The summed E-state index contributed by atoms with van der Waals surface area (Å²) in [6.07, 6.45) is 9.53. The molecule has 0 heterocycles. The van der Waals surface area contributed by atoms with Gasteiger partial charge in [0.15, 0.2) is 0 Å². The highest BCUT2D eigenvalue weighted by Crippen LogP contribution is 2.27. The van der Waals surface area contributed by atoms with E-state index in [9.17, 15) is 4.79 Å². The summed E-state index contributed by atoms with van der Waals surface area (Å²) < 4.78 is 0. The molecule has 0 radical (unpaired) electrons. The van der Waals surface area contributed by atoms with Crippen LogP contribution in [0.1, 0.15) is 44.9 Å². The molecule has 0 aliphatic heterocycles. The maximum atomic E-state index is 11.8. The van der Waals surface area contributed by atoms with Crippen LogP contribution >= 0.6 is 11.8 Å². The quantitative estimate of drug-likeness (QED) is 0.673. The number of hydrogen-bond donors (Lipinski definition) is 2. The lowest BCUT2D eigenvalue weighted by molar-refractivity contribution is -0.126. The fourth-order valence-electron chi connectivity index (χ4n) is 2.16. The van der Waals surface area contributed by atoms with E-state index in [0.29, 0.717) is 0 Å². The first-order valence-corrected chi connectivity index (χ1v) is 7.64. The minimum atomic E-state index is -0.556. The van der Waals surface area contributed by atoms with E-state index in [2.05, 4.69) is 11.6 Å². The van der Waals surface area contributed by atoms with Gasteiger partial charge >= 0.3 is 0 Å². The molecule has 16 heavy (non-hydrogen) atoms. The first-order valence-electron chi connectivity index (χ1n) is 6.25. The van der Waals surface area contributed by atoms with Crippen molar-refractivity contribution in [1.82, 2.24) is 5.32 Å². The molecule has 0 atom stereocenters. The molecule has 3 nitrogen and oxygen atoms in total. The van der Waals surface area contributed by atoms with Crippen LogP contribution in [0.2, 0.25) is 0 Å². The molecule has 0 spiro atoms. The van der Waals surface area contributed by atoms with Gasteiger partial charge in [0.25, 0.3) is 0 Å². The number of nitrogens with one attached hydrogen (secondary N) is 1. The third-order valence-corrected chi connectivity index (χ3v) is 3.96. The fraction of sp³-hybridized carbons (Fsp3) is 0.917. The third kappa shape index (κ3) is 4.34. The Morgan fingerprint density at radius 3 is 2.62 bits per heavy atom. The molecular formula is C12H24N2OS. The third-order valence-electron chi connectivity index (χ3n) is 3.26. The van der Waals surface area contributed by atoms with Crippen molar-refractivity contribution in [1.29, 1.82) is 0 Å². The summed E-state index contributed by atoms with van der Waals surface area (Å²) in [6.45, 7) is 0.784. The summed E-state index contributed by atoms with van der Waals surface area (Å²) in [6, 6.07) is 0. The number of thioether (sulfide) groups is 1. The highest BCUT2D eigenvalue weighted by Gasteiger charge is 2.36. The summed E-state index contributed by atoms with van der Waals surface area (Å²) in [5.74, 6) is 1.28. The van der Waals surface area contributed by atoms with E-state index < -0.39 is 5.54 Å². The zero-order valence-electron chi connectivity index (χ0n) is 10.3. The van der Waals surface area contributed by atoms with E-state index >= 15 is 0 Å². The Morgan fingerprint density at radius 2 is 2.00 bits per heavy atom. The van der Waals surface area contributed by atoms with Crippen molar-refractivity contribution in [2.45, 2.75) is 50.5 Å². The van der Waals surface area contributed by atoms with E-state index in [-0.39, 0.29) is 5.91 Å².